The van der Waals surface area contributed by atoms with Crippen molar-refractivity contribution in [3.63, 3.8) is 0 Å². The quantitative estimate of drug-likeness (QED) is 0.513. The summed E-state index contributed by atoms with van der Waals surface area (Å²) < 4.78 is 35.1. The predicted octanol–water partition coefficient (Wildman–Crippen LogP) is 3.41. The van der Waals surface area contributed by atoms with Crippen molar-refractivity contribution in [2.24, 2.45) is 0 Å². The first-order chi connectivity index (χ1) is 14.4. The molecule has 0 aliphatic heterocycles. The third kappa shape index (κ3) is 3.06. The first-order valence-electron chi connectivity index (χ1n) is 9.51. The predicted molar refractivity (Wildman–Crippen MR) is 103 cm³/mol. The Kier molecular flexibility index (Phi) is 4.19. The topological polar surface area (TPSA) is 86.7 Å². The number of pyridine rings is 1. The monoisotopic (exact) mass is 409 g/mol. The summed E-state index contributed by atoms with van der Waals surface area (Å²) in [5, 5.41) is 4.39. The Morgan fingerprint density at radius 2 is 2.10 bits per heavy atom. The molecule has 0 spiro atoms. The Labute approximate surface area is 169 Å². The third-order valence-corrected chi connectivity index (χ3v) is 5.57. The zero-order chi connectivity index (χ0) is 20.9. The number of benzene rings is 1. The van der Waals surface area contributed by atoms with Crippen LogP contribution in [-0.2, 0) is 12.2 Å². The first kappa shape index (κ1) is 18.5. The van der Waals surface area contributed by atoms with Gasteiger partial charge in [0.25, 0.3) is 5.56 Å². The second kappa shape index (κ2) is 6.79. The van der Waals surface area contributed by atoms with Gasteiger partial charge in [-0.25, -0.2) is 18.7 Å². The van der Waals surface area contributed by atoms with Crippen molar-refractivity contribution >= 4 is 11.0 Å². The van der Waals surface area contributed by atoms with Crippen LogP contribution in [0.4, 0.5) is 8.78 Å². The summed E-state index contributed by atoms with van der Waals surface area (Å²) in [4.78, 5) is 25.4. The van der Waals surface area contributed by atoms with Gasteiger partial charge in [0.2, 0.25) is 5.89 Å². The lowest BCUT2D eigenvalue weighted by atomic mass is 9.68. The molecule has 152 valence electrons. The standard InChI is InChI=1S/C21H17F2N5O2/c1-12-5-6-24-19-17(12)20(29)28(11-25-19)10-16-26-18(27-30-16)13-8-21(23,9-13)14-3-2-4-15(22)7-14/h2-7,11,13H,8-10H2,1H3. The van der Waals surface area contributed by atoms with Crippen LogP contribution < -0.4 is 5.56 Å². The van der Waals surface area contributed by atoms with Gasteiger partial charge in [-0.05, 0) is 49.1 Å². The molecule has 0 N–H and O–H groups in total. The van der Waals surface area contributed by atoms with Crippen LogP contribution in [0, 0.1) is 12.7 Å². The summed E-state index contributed by atoms with van der Waals surface area (Å²) in [6, 6.07) is 7.33. The molecule has 1 aromatic carbocycles. The average Bonchev–Trinajstić information content (AvgIpc) is 3.16. The van der Waals surface area contributed by atoms with Crippen LogP contribution in [-0.4, -0.2) is 24.7 Å². The molecule has 3 heterocycles. The van der Waals surface area contributed by atoms with Crippen molar-refractivity contribution in [3.05, 3.63) is 81.9 Å². The van der Waals surface area contributed by atoms with Gasteiger partial charge in [0.15, 0.2) is 11.5 Å². The smallest absolute Gasteiger partial charge is 0.263 e. The van der Waals surface area contributed by atoms with Crippen LogP contribution >= 0.6 is 0 Å². The average molecular weight is 409 g/mol. The van der Waals surface area contributed by atoms with Gasteiger partial charge >= 0.3 is 0 Å². The minimum absolute atomic E-state index is 0.0560. The fraction of sp³-hybridized carbons (Fsp3) is 0.286. The number of aryl methyl sites for hydroxylation is 1. The zero-order valence-corrected chi connectivity index (χ0v) is 16.0. The van der Waals surface area contributed by atoms with Gasteiger partial charge in [-0.3, -0.25) is 9.36 Å². The van der Waals surface area contributed by atoms with E-state index in [0.29, 0.717) is 22.4 Å². The normalized spacial score (nSPS) is 21.0. The Morgan fingerprint density at radius 1 is 1.27 bits per heavy atom. The molecule has 9 heteroatoms. The largest absolute Gasteiger partial charge is 0.337 e. The van der Waals surface area contributed by atoms with Crippen LogP contribution in [0.2, 0.25) is 0 Å². The van der Waals surface area contributed by atoms with Crippen LogP contribution in [0.15, 0.2) is 52.2 Å². The molecule has 3 aromatic heterocycles. The Bertz CT molecular complexity index is 1310. The Hall–Kier alpha value is -3.49. The number of halogens is 2. The van der Waals surface area contributed by atoms with E-state index < -0.39 is 11.5 Å². The van der Waals surface area contributed by atoms with Crippen molar-refractivity contribution in [2.45, 2.75) is 37.9 Å². The molecular formula is C21H17F2N5O2. The maximum Gasteiger partial charge on any atom is 0.263 e. The van der Waals surface area contributed by atoms with Gasteiger partial charge in [0.1, 0.15) is 24.4 Å². The van der Waals surface area contributed by atoms with E-state index >= 15 is 4.39 Å². The number of hydrogen-bond acceptors (Lipinski definition) is 6. The summed E-state index contributed by atoms with van der Waals surface area (Å²) >= 11 is 0. The van der Waals surface area contributed by atoms with E-state index in [-0.39, 0.29) is 36.8 Å². The molecule has 1 aliphatic rings. The molecule has 1 fully saturated rings. The van der Waals surface area contributed by atoms with E-state index in [2.05, 4.69) is 20.1 Å². The molecule has 1 aliphatic carbocycles. The number of rotatable bonds is 4. The molecule has 1 saturated carbocycles. The lowest BCUT2D eigenvalue weighted by Crippen LogP contribution is -2.36. The van der Waals surface area contributed by atoms with Crippen molar-refractivity contribution in [1.29, 1.82) is 0 Å². The van der Waals surface area contributed by atoms with Gasteiger partial charge in [-0.2, -0.15) is 4.98 Å². The number of hydrogen-bond donors (Lipinski definition) is 0. The molecule has 30 heavy (non-hydrogen) atoms. The number of aromatic nitrogens is 5. The summed E-state index contributed by atoms with van der Waals surface area (Å²) in [5.41, 5.74) is -0.363. The van der Waals surface area contributed by atoms with E-state index in [1.54, 1.807) is 18.3 Å². The number of fused-ring (bicyclic) bond motifs is 1. The highest BCUT2D eigenvalue weighted by molar-refractivity contribution is 5.76. The third-order valence-electron chi connectivity index (χ3n) is 5.57. The van der Waals surface area contributed by atoms with Gasteiger partial charge < -0.3 is 4.52 Å². The summed E-state index contributed by atoms with van der Waals surface area (Å²) in [7, 11) is 0. The second-order valence-corrected chi connectivity index (χ2v) is 7.63. The van der Waals surface area contributed by atoms with E-state index in [1.165, 1.54) is 29.1 Å². The van der Waals surface area contributed by atoms with Crippen molar-refractivity contribution in [2.75, 3.05) is 0 Å². The molecular weight excluding hydrogens is 392 g/mol. The molecule has 4 aromatic rings. The minimum atomic E-state index is -1.60. The highest BCUT2D eigenvalue weighted by atomic mass is 19.1. The highest BCUT2D eigenvalue weighted by Gasteiger charge is 2.48. The lowest BCUT2D eigenvalue weighted by Gasteiger charge is -2.40. The number of nitrogens with zero attached hydrogens (tertiary/aromatic N) is 5. The number of alkyl halides is 1. The van der Waals surface area contributed by atoms with Gasteiger partial charge in [0.05, 0.1) is 5.39 Å². The van der Waals surface area contributed by atoms with E-state index in [9.17, 15) is 9.18 Å². The van der Waals surface area contributed by atoms with E-state index in [1.807, 2.05) is 6.92 Å². The van der Waals surface area contributed by atoms with Crippen molar-refractivity contribution in [3.8, 4) is 0 Å². The Morgan fingerprint density at radius 3 is 2.90 bits per heavy atom. The van der Waals surface area contributed by atoms with E-state index in [4.69, 9.17) is 4.52 Å². The summed E-state index contributed by atoms with van der Waals surface area (Å²) in [5.74, 6) is -0.0745. The minimum Gasteiger partial charge on any atom is -0.337 e. The molecule has 7 nitrogen and oxygen atoms in total. The fourth-order valence-electron chi connectivity index (χ4n) is 3.89. The van der Waals surface area contributed by atoms with Gasteiger partial charge in [-0.1, -0.05) is 17.3 Å². The molecule has 0 radical (unpaired) electrons. The van der Waals surface area contributed by atoms with Gasteiger partial charge in [0, 0.05) is 12.1 Å². The molecule has 0 saturated heterocycles. The molecule has 0 bridgehead atoms. The maximum absolute atomic E-state index is 15.0. The maximum atomic E-state index is 15.0. The highest BCUT2D eigenvalue weighted by Crippen LogP contribution is 2.53. The molecule has 0 amide bonds. The first-order valence-corrected chi connectivity index (χ1v) is 9.51. The van der Waals surface area contributed by atoms with Crippen molar-refractivity contribution < 1.29 is 13.3 Å². The van der Waals surface area contributed by atoms with Gasteiger partial charge in [-0.15, -0.1) is 0 Å². The fourth-order valence-corrected chi connectivity index (χ4v) is 3.89. The summed E-state index contributed by atoms with van der Waals surface area (Å²) in [6.45, 7) is 1.88. The second-order valence-electron chi connectivity index (χ2n) is 7.63. The molecule has 0 atom stereocenters. The SMILES string of the molecule is Cc1ccnc2ncn(Cc3nc(C4CC(F)(c5cccc(F)c5)C4)no3)c(=O)c12. The van der Waals surface area contributed by atoms with E-state index in [0.717, 1.165) is 5.56 Å². The van der Waals surface area contributed by atoms with Crippen LogP contribution in [0.25, 0.3) is 11.0 Å². The zero-order valence-electron chi connectivity index (χ0n) is 16.0. The van der Waals surface area contributed by atoms with Crippen LogP contribution in [0.5, 0.6) is 0 Å². The lowest BCUT2D eigenvalue weighted by molar-refractivity contribution is 0.0333. The van der Waals surface area contributed by atoms with Crippen molar-refractivity contribution in [1.82, 2.24) is 24.7 Å². The van der Waals surface area contributed by atoms with Crippen LogP contribution in [0.1, 0.15) is 41.6 Å². The molecule has 5 rings (SSSR count). The van der Waals surface area contributed by atoms with Crippen LogP contribution in [0.3, 0.4) is 0 Å². The Balaban J connectivity index is 1.34. The molecule has 0 unspecified atom stereocenters. The summed E-state index contributed by atoms with van der Waals surface area (Å²) in [6.07, 6.45) is 3.29.